The van der Waals surface area contributed by atoms with Gasteiger partial charge in [-0.05, 0) is 43.4 Å². The summed E-state index contributed by atoms with van der Waals surface area (Å²) in [7, 11) is 0. The van der Waals surface area contributed by atoms with Crippen molar-refractivity contribution in [2.24, 2.45) is 0 Å². The van der Waals surface area contributed by atoms with Gasteiger partial charge in [-0.2, -0.15) is 0 Å². The van der Waals surface area contributed by atoms with Crippen LogP contribution in [0.1, 0.15) is 225 Å². The summed E-state index contributed by atoms with van der Waals surface area (Å²) in [6.07, 6.45) is 44.3. The average Bonchev–Trinajstić information content (AvgIpc) is 3.04. The van der Waals surface area contributed by atoms with Crippen LogP contribution in [0.2, 0.25) is 0 Å². The lowest BCUT2D eigenvalue weighted by molar-refractivity contribution is 0.474. The van der Waals surface area contributed by atoms with Crippen molar-refractivity contribution in [3.8, 4) is 5.75 Å². The van der Waals surface area contributed by atoms with E-state index in [-0.39, 0.29) is 0 Å². The number of nitrogens with zero attached hydrogens (tertiary/aromatic N) is 1. The molecule has 0 spiro atoms. The highest BCUT2D eigenvalue weighted by Gasteiger charge is 2.10. The van der Waals surface area contributed by atoms with Crippen LogP contribution in [0.25, 0.3) is 0 Å². The Kier molecular flexibility index (Phi) is 30.5. The predicted octanol–water partition coefficient (Wildman–Crippen LogP) is 14.9. The van der Waals surface area contributed by atoms with Crippen molar-refractivity contribution in [3.63, 3.8) is 0 Å². The lowest BCUT2D eigenvalue weighted by Crippen LogP contribution is -2.25. The molecule has 2 heteroatoms. The average molecular weight is 628 g/mol. The SMILES string of the molecule is CCCCCCCCCCCCCCCCN(CCCCCCCCCCCCCCCC)c1cc(O)cc(CCCCC)c1. The van der Waals surface area contributed by atoms with E-state index in [1.54, 1.807) is 0 Å². The van der Waals surface area contributed by atoms with E-state index in [4.69, 9.17) is 0 Å². The zero-order chi connectivity index (χ0) is 32.5. The highest BCUT2D eigenvalue weighted by molar-refractivity contribution is 5.53. The number of rotatable bonds is 35. The second kappa shape index (κ2) is 32.7. The summed E-state index contributed by atoms with van der Waals surface area (Å²) in [5.41, 5.74) is 2.57. The van der Waals surface area contributed by atoms with Crippen molar-refractivity contribution in [2.75, 3.05) is 18.0 Å². The van der Waals surface area contributed by atoms with E-state index in [1.807, 2.05) is 12.1 Å². The number of hydrogen-bond acceptors (Lipinski definition) is 2. The van der Waals surface area contributed by atoms with Crippen LogP contribution in [0, 0.1) is 0 Å². The molecule has 2 nitrogen and oxygen atoms in total. The Morgan fingerprint density at radius 2 is 0.689 bits per heavy atom. The minimum Gasteiger partial charge on any atom is -0.508 e. The molecule has 1 aromatic rings. The van der Waals surface area contributed by atoms with Gasteiger partial charge >= 0.3 is 0 Å². The number of anilines is 1. The minimum absolute atomic E-state index is 0.450. The Morgan fingerprint density at radius 3 is 1.04 bits per heavy atom. The van der Waals surface area contributed by atoms with Crippen molar-refractivity contribution >= 4 is 5.69 Å². The molecule has 0 saturated heterocycles. The molecule has 264 valence electrons. The molecule has 0 amide bonds. The van der Waals surface area contributed by atoms with Crippen molar-refractivity contribution in [3.05, 3.63) is 23.8 Å². The number of aromatic hydroxyl groups is 1. The zero-order valence-electron chi connectivity index (χ0n) is 31.2. The maximum atomic E-state index is 10.6. The maximum absolute atomic E-state index is 10.6. The van der Waals surface area contributed by atoms with E-state index in [0.29, 0.717) is 5.75 Å². The molecule has 0 radical (unpaired) electrons. The van der Waals surface area contributed by atoms with Crippen molar-refractivity contribution in [1.82, 2.24) is 0 Å². The van der Waals surface area contributed by atoms with Crippen LogP contribution in [0.4, 0.5) is 5.69 Å². The lowest BCUT2D eigenvalue weighted by atomic mass is 10.0. The fraction of sp³-hybridized carbons (Fsp3) is 0.860. The van der Waals surface area contributed by atoms with Crippen LogP contribution in [0.15, 0.2) is 18.2 Å². The molecule has 0 aliphatic carbocycles. The Labute approximate surface area is 283 Å². The molecule has 1 N–H and O–H groups in total. The third kappa shape index (κ3) is 26.6. The topological polar surface area (TPSA) is 23.5 Å². The molecule has 0 aliphatic rings. The number of phenols is 1. The zero-order valence-corrected chi connectivity index (χ0v) is 31.2. The van der Waals surface area contributed by atoms with Gasteiger partial charge in [-0.15, -0.1) is 0 Å². The van der Waals surface area contributed by atoms with Gasteiger partial charge in [0.2, 0.25) is 0 Å². The fourth-order valence-electron chi connectivity index (χ4n) is 6.93. The molecule has 1 aromatic carbocycles. The van der Waals surface area contributed by atoms with Crippen LogP contribution in [-0.4, -0.2) is 18.2 Å². The van der Waals surface area contributed by atoms with Crippen molar-refractivity contribution < 1.29 is 5.11 Å². The second-order valence-corrected chi connectivity index (χ2v) is 14.5. The largest absolute Gasteiger partial charge is 0.508 e. The minimum atomic E-state index is 0.450. The molecule has 0 unspecified atom stereocenters. The predicted molar refractivity (Wildman–Crippen MR) is 204 cm³/mol. The first kappa shape index (κ1) is 41.8. The van der Waals surface area contributed by atoms with E-state index in [9.17, 15) is 5.11 Å². The van der Waals surface area contributed by atoms with E-state index in [0.717, 1.165) is 19.5 Å². The first-order valence-electron chi connectivity index (χ1n) is 20.8. The Hall–Kier alpha value is -1.18. The van der Waals surface area contributed by atoms with Gasteiger partial charge in [0.15, 0.2) is 0 Å². The highest BCUT2D eigenvalue weighted by atomic mass is 16.3. The van der Waals surface area contributed by atoms with Gasteiger partial charge in [-0.25, -0.2) is 0 Å². The van der Waals surface area contributed by atoms with Gasteiger partial charge in [0.1, 0.15) is 5.75 Å². The van der Waals surface area contributed by atoms with Gasteiger partial charge in [0, 0.05) is 24.8 Å². The van der Waals surface area contributed by atoms with Crippen molar-refractivity contribution in [2.45, 2.75) is 226 Å². The normalized spacial score (nSPS) is 11.4. The van der Waals surface area contributed by atoms with E-state index < -0.39 is 0 Å². The van der Waals surface area contributed by atoms with Crippen LogP contribution < -0.4 is 4.90 Å². The van der Waals surface area contributed by atoms with Crippen molar-refractivity contribution in [1.29, 1.82) is 0 Å². The number of aryl methyl sites for hydroxylation is 1. The van der Waals surface area contributed by atoms with E-state index in [1.165, 1.54) is 210 Å². The number of unbranched alkanes of at least 4 members (excludes halogenated alkanes) is 28. The van der Waals surface area contributed by atoms with Gasteiger partial charge in [0.25, 0.3) is 0 Å². The second-order valence-electron chi connectivity index (χ2n) is 14.5. The van der Waals surface area contributed by atoms with Gasteiger partial charge in [0.05, 0.1) is 0 Å². The quantitative estimate of drug-likeness (QED) is 0.0757. The summed E-state index contributed by atoms with van der Waals surface area (Å²) >= 11 is 0. The summed E-state index contributed by atoms with van der Waals surface area (Å²) in [6, 6.07) is 6.40. The highest BCUT2D eigenvalue weighted by Crippen LogP contribution is 2.26. The third-order valence-electron chi connectivity index (χ3n) is 9.96. The summed E-state index contributed by atoms with van der Waals surface area (Å²) in [5, 5.41) is 10.6. The standard InChI is InChI=1S/C43H81NO/c1-4-7-10-12-14-16-18-20-22-24-26-28-30-33-36-44(42-38-41(35-32-9-6-3)39-43(45)40-42)37-34-31-29-27-25-23-21-19-17-15-13-11-8-5-2/h38-40,45H,4-37H2,1-3H3. The van der Waals surface area contributed by atoms with E-state index >= 15 is 0 Å². The molecule has 0 aliphatic heterocycles. The van der Waals surface area contributed by atoms with Gasteiger partial charge < -0.3 is 10.0 Å². The molecule has 0 atom stereocenters. The number of benzene rings is 1. The fourth-order valence-corrected chi connectivity index (χ4v) is 6.93. The molecule has 0 bridgehead atoms. The molecule has 0 heterocycles. The smallest absolute Gasteiger partial charge is 0.117 e. The van der Waals surface area contributed by atoms with E-state index in [2.05, 4.69) is 31.7 Å². The van der Waals surface area contributed by atoms with Gasteiger partial charge in [-0.3, -0.25) is 0 Å². The van der Waals surface area contributed by atoms with Crippen LogP contribution in [-0.2, 0) is 6.42 Å². The summed E-state index contributed by atoms with van der Waals surface area (Å²) in [6.45, 7) is 9.14. The van der Waals surface area contributed by atoms with Crippen LogP contribution in [0.3, 0.4) is 0 Å². The molecule has 1 rings (SSSR count). The first-order valence-corrected chi connectivity index (χ1v) is 20.8. The molecular formula is C43H81NO. The Balaban J connectivity index is 2.30. The molecular weight excluding hydrogens is 546 g/mol. The molecule has 0 aromatic heterocycles. The van der Waals surface area contributed by atoms with Crippen LogP contribution >= 0.6 is 0 Å². The molecule has 0 fully saturated rings. The third-order valence-corrected chi connectivity index (χ3v) is 9.96. The summed E-state index contributed by atoms with van der Waals surface area (Å²) in [5.74, 6) is 0.450. The monoisotopic (exact) mass is 628 g/mol. The number of hydrogen-bond donors (Lipinski definition) is 1. The summed E-state index contributed by atoms with van der Waals surface area (Å²) < 4.78 is 0. The Morgan fingerprint density at radius 1 is 0.378 bits per heavy atom. The first-order chi connectivity index (χ1) is 22.2. The maximum Gasteiger partial charge on any atom is 0.117 e. The molecule has 0 saturated carbocycles. The molecule has 45 heavy (non-hydrogen) atoms. The summed E-state index contributed by atoms with van der Waals surface area (Å²) in [4.78, 5) is 2.60. The Bertz CT molecular complexity index is 699. The number of phenolic OH excluding ortho intramolecular Hbond substituents is 1. The van der Waals surface area contributed by atoms with Crippen LogP contribution in [0.5, 0.6) is 5.75 Å². The van der Waals surface area contributed by atoms with Gasteiger partial charge in [-0.1, -0.05) is 201 Å². The lowest BCUT2D eigenvalue weighted by Gasteiger charge is -2.26.